The fourth-order valence-corrected chi connectivity index (χ4v) is 10.8. The van der Waals surface area contributed by atoms with Crippen molar-refractivity contribution >= 4 is 27.8 Å². The summed E-state index contributed by atoms with van der Waals surface area (Å²) in [6.07, 6.45) is 0. The van der Waals surface area contributed by atoms with E-state index in [9.17, 15) is 0 Å². The second-order valence-corrected chi connectivity index (χ2v) is 17.0. The number of benzene rings is 9. The highest BCUT2D eigenvalue weighted by molar-refractivity contribution is 6.01. The van der Waals surface area contributed by atoms with Crippen LogP contribution in [0.4, 0.5) is 17.1 Å². The van der Waals surface area contributed by atoms with Gasteiger partial charge in [-0.25, -0.2) is 0 Å². The van der Waals surface area contributed by atoms with Gasteiger partial charge in [0.15, 0.2) is 0 Å². The van der Waals surface area contributed by atoms with E-state index in [2.05, 4.69) is 220 Å². The molecule has 0 fully saturated rings. The van der Waals surface area contributed by atoms with E-state index in [1.165, 1.54) is 94.2 Å². The van der Waals surface area contributed by atoms with Crippen LogP contribution in [0, 0.1) is 6.92 Å². The maximum Gasteiger partial charge on any atom is 0.0726 e. The van der Waals surface area contributed by atoms with E-state index in [-0.39, 0.29) is 5.41 Å². The Balaban J connectivity index is 1.11. The first-order valence-electron chi connectivity index (χ1n) is 20.5. The van der Waals surface area contributed by atoms with Crippen molar-refractivity contribution in [3.63, 3.8) is 0 Å². The molecule has 3 aliphatic carbocycles. The van der Waals surface area contributed by atoms with Gasteiger partial charge in [-0.2, -0.15) is 0 Å². The second-order valence-electron chi connectivity index (χ2n) is 17.0. The van der Waals surface area contributed by atoms with Gasteiger partial charge in [-0.1, -0.05) is 165 Å². The van der Waals surface area contributed by atoms with Crippen LogP contribution in [0.1, 0.15) is 52.8 Å². The van der Waals surface area contributed by atoms with Crippen molar-refractivity contribution in [3.8, 4) is 44.5 Å². The first kappa shape index (κ1) is 33.2. The van der Waals surface area contributed by atoms with E-state index in [1.807, 2.05) is 0 Å². The molecule has 1 nitrogen and oxygen atoms in total. The molecule has 0 unspecified atom stereocenters. The number of fused-ring (bicyclic) bond motifs is 14. The van der Waals surface area contributed by atoms with Gasteiger partial charge in [-0.15, -0.1) is 0 Å². The van der Waals surface area contributed by atoms with E-state index in [0.717, 1.165) is 17.1 Å². The average molecular weight is 740 g/mol. The highest BCUT2D eigenvalue weighted by Crippen LogP contribution is 2.64. The van der Waals surface area contributed by atoms with Crippen LogP contribution < -0.4 is 4.90 Å². The summed E-state index contributed by atoms with van der Waals surface area (Å²) in [4.78, 5) is 2.48. The standard InChI is InChI=1S/C57H41N/c1-36-20-22-37(23-21-36)38-24-26-41(27-25-38)58(42-28-30-47-44-14-6-9-17-50(44)56(2,3)53(47)34-42)43-29-31-48-49-32-39-12-4-5-13-40(39)33-54(49)57(55(48)35-43)51-18-10-7-15-45(51)46-16-8-11-19-52(46)57/h4-35H,1-3H3. The Labute approximate surface area is 340 Å². The predicted molar refractivity (Wildman–Crippen MR) is 243 cm³/mol. The summed E-state index contributed by atoms with van der Waals surface area (Å²) in [7, 11) is 0. The molecule has 1 heteroatoms. The first-order chi connectivity index (χ1) is 28.4. The van der Waals surface area contributed by atoms with Crippen molar-refractivity contribution < 1.29 is 0 Å². The van der Waals surface area contributed by atoms with Crippen LogP contribution in [0.3, 0.4) is 0 Å². The van der Waals surface area contributed by atoms with Gasteiger partial charge >= 0.3 is 0 Å². The van der Waals surface area contributed by atoms with Crippen molar-refractivity contribution in [2.45, 2.75) is 31.6 Å². The number of anilines is 3. The molecular formula is C57H41N. The largest absolute Gasteiger partial charge is 0.310 e. The molecule has 0 aliphatic heterocycles. The summed E-state index contributed by atoms with van der Waals surface area (Å²) in [6, 6.07) is 73.3. The normalized spacial score (nSPS) is 14.4. The van der Waals surface area contributed by atoms with E-state index in [0.29, 0.717) is 0 Å². The number of nitrogens with zero attached hydrogens (tertiary/aromatic N) is 1. The topological polar surface area (TPSA) is 3.24 Å². The molecular weight excluding hydrogens is 699 g/mol. The summed E-state index contributed by atoms with van der Waals surface area (Å²) in [5, 5.41) is 2.54. The molecule has 0 saturated carbocycles. The number of aryl methyl sites for hydroxylation is 1. The molecule has 0 bridgehead atoms. The Morgan fingerprint density at radius 2 is 0.759 bits per heavy atom. The zero-order valence-electron chi connectivity index (χ0n) is 32.9. The highest BCUT2D eigenvalue weighted by atomic mass is 15.1. The molecule has 0 amide bonds. The van der Waals surface area contributed by atoms with Crippen LogP contribution in [0.5, 0.6) is 0 Å². The molecule has 0 N–H and O–H groups in total. The summed E-state index contributed by atoms with van der Waals surface area (Å²) >= 11 is 0. The Bertz CT molecular complexity index is 3100. The fraction of sp³-hybridized carbons (Fsp3) is 0.0877. The lowest BCUT2D eigenvalue weighted by molar-refractivity contribution is 0.660. The molecule has 0 radical (unpaired) electrons. The minimum Gasteiger partial charge on any atom is -0.310 e. The van der Waals surface area contributed by atoms with Gasteiger partial charge in [0.2, 0.25) is 0 Å². The number of hydrogen-bond acceptors (Lipinski definition) is 1. The quantitative estimate of drug-likeness (QED) is 0.174. The van der Waals surface area contributed by atoms with Crippen LogP contribution in [-0.4, -0.2) is 0 Å². The maximum atomic E-state index is 2.51. The molecule has 1 spiro atoms. The zero-order valence-corrected chi connectivity index (χ0v) is 32.9. The second kappa shape index (κ2) is 12.0. The molecule has 58 heavy (non-hydrogen) atoms. The van der Waals surface area contributed by atoms with E-state index >= 15 is 0 Å². The monoisotopic (exact) mass is 739 g/mol. The third-order valence-electron chi connectivity index (χ3n) is 13.5. The molecule has 0 atom stereocenters. The summed E-state index contributed by atoms with van der Waals surface area (Å²) in [5.41, 5.74) is 22.7. The summed E-state index contributed by atoms with van der Waals surface area (Å²) in [5.74, 6) is 0. The van der Waals surface area contributed by atoms with Crippen LogP contribution in [0.2, 0.25) is 0 Å². The molecule has 12 rings (SSSR count). The van der Waals surface area contributed by atoms with Crippen LogP contribution in [-0.2, 0) is 10.8 Å². The Morgan fingerprint density at radius 1 is 0.328 bits per heavy atom. The van der Waals surface area contributed by atoms with Gasteiger partial charge in [0.1, 0.15) is 0 Å². The van der Waals surface area contributed by atoms with Gasteiger partial charge in [0.25, 0.3) is 0 Å². The van der Waals surface area contributed by atoms with Gasteiger partial charge in [-0.05, 0) is 144 Å². The van der Waals surface area contributed by atoms with Crippen molar-refractivity contribution in [3.05, 3.63) is 233 Å². The minimum atomic E-state index is -0.458. The van der Waals surface area contributed by atoms with E-state index < -0.39 is 5.41 Å². The van der Waals surface area contributed by atoms with Crippen molar-refractivity contribution in [1.29, 1.82) is 0 Å². The average Bonchev–Trinajstić information content (AvgIpc) is 3.81. The minimum absolute atomic E-state index is 0.119. The molecule has 0 heterocycles. The third kappa shape index (κ3) is 4.47. The zero-order chi connectivity index (χ0) is 38.8. The van der Waals surface area contributed by atoms with Gasteiger partial charge < -0.3 is 4.90 Å². The lowest BCUT2D eigenvalue weighted by Gasteiger charge is -2.32. The van der Waals surface area contributed by atoms with Crippen molar-refractivity contribution in [2.24, 2.45) is 0 Å². The predicted octanol–water partition coefficient (Wildman–Crippen LogP) is 14.9. The Morgan fingerprint density at radius 3 is 1.38 bits per heavy atom. The van der Waals surface area contributed by atoms with Crippen LogP contribution in [0.25, 0.3) is 55.3 Å². The molecule has 274 valence electrons. The van der Waals surface area contributed by atoms with Gasteiger partial charge in [0, 0.05) is 22.5 Å². The molecule has 9 aromatic carbocycles. The van der Waals surface area contributed by atoms with Crippen molar-refractivity contribution in [1.82, 2.24) is 0 Å². The smallest absolute Gasteiger partial charge is 0.0726 e. The SMILES string of the molecule is Cc1ccc(-c2ccc(N(c3ccc4c(c3)C(C)(C)c3ccccc3-4)c3ccc4c(c3)C3(c5ccccc5-c5ccccc53)c3cc5ccccc5cc3-4)cc2)cc1. The lowest BCUT2D eigenvalue weighted by atomic mass is 9.70. The Hall–Kier alpha value is -6.96. The Kier molecular flexibility index (Phi) is 6.88. The third-order valence-corrected chi connectivity index (χ3v) is 13.5. The van der Waals surface area contributed by atoms with Crippen molar-refractivity contribution in [2.75, 3.05) is 4.90 Å². The van der Waals surface area contributed by atoms with Crippen LogP contribution >= 0.6 is 0 Å². The first-order valence-corrected chi connectivity index (χ1v) is 20.5. The molecule has 9 aromatic rings. The lowest BCUT2D eigenvalue weighted by Crippen LogP contribution is -2.26. The van der Waals surface area contributed by atoms with Gasteiger partial charge in [0.05, 0.1) is 5.41 Å². The number of rotatable bonds is 4. The number of hydrogen-bond donors (Lipinski definition) is 0. The van der Waals surface area contributed by atoms with E-state index in [4.69, 9.17) is 0 Å². The van der Waals surface area contributed by atoms with E-state index in [1.54, 1.807) is 0 Å². The van der Waals surface area contributed by atoms with Gasteiger partial charge in [-0.3, -0.25) is 0 Å². The fourth-order valence-electron chi connectivity index (χ4n) is 10.8. The summed E-state index contributed by atoms with van der Waals surface area (Å²) in [6.45, 7) is 6.89. The molecule has 0 aromatic heterocycles. The molecule has 3 aliphatic rings. The maximum absolute atomic E-state index is 2.51. The van der Waals surface area contributed by atoms with Crippen LogP contribution in [0.15, 0.2) is 194 Å². The summed E-state index contributed by atoms with van der Waals surface area (Å²) < 4.78 is 0. The molecule has 0 saturated heterocycles. The highest BCUT2D eigenvalue weighted by Gasteiger charge is 2.52.